The largest absolute Gasteiger partial charge is 0.507 e. The first-order chi connectivity index (χ1) is 21.4. The summed E-state index contributed by atoms with van der Waals surface area (Å²) in [7, 11) is 4.62. The first-order valence-electron chi connectivity index (χ1n) is 17.8. The molecule has 46 heavy (non-hydrogen) atoms. The monoisotopic (exact) mass is 637 g/mol. The predicted octanol–water partition coefficient (Wildman–Crippen LogP) is 8.07. The molecule has 0 radical (unpaired) electrons. The van der Waals surface area contributed by atoms with Gasteiger partial charge in [-0.05, 0) is 85.8 Å². The van der Waals surface area contributed by atoms with Gasteiger partial charge in [-0.1, -0.05) is 53.7 Å². The van der Waals surface area contributed by atoms with Crippen molar-refractivity contribution < 1.29 is 19.2 Å². The van der Waals surface area contributed by atoms with Gasteiger partial charge in [0.05, 0.1) is 66.5 Å². The molecule has 0 aliphatic carbocycles. The molecule has 0 heterocycles. The van der Waals surface area contributed by atoms with Crippen LogP contribution in [-0.4, -0.2) is 98.1 Å². The van der Waals surface area contributed by atoms with E-state index >= 15 is 0 Å². The van der Waals surface area contributed by atoms with Crippen LogP contribution in [0.1, 0.15) is 115 Å². The van der Waals surface area contributed by atoms with Crippen molar-refractivity contribution in [3.63, 3.8) is 0 Å². The summed E-state index contributed by atoms with van der Waals surface area (Å²) < 4.78 is 2.09. The van der Waals surface area contributed by atoms with Crippen LogP contribution >= 0.6 is 0 Å². The van der Waals surface area contributed by atoms with E-state index in [0.717, 1.165) is 96.2 Å². The minimum Gasteiger partial charge on any atom is -0.507 e. The molecule has 0 unspecified atom stereocenters. The summed E-state index contributed by atoms with van der Waals surface area (Å²) in [4.78, 5) is 9.31. The Balaban J connectivity index is 2.19. The Kier molecular flexibility index (Phi) is 14.5. The molecule has 6 heteroatoms. The molecule has 0 saturated heterocycles. The Hall–Kier alpha value is -2.70. The Labute approximate surface area is 282 Å². The van der Waals surface area contributed by atoms with Crippen molar-refractivity contribution in [1.29, 1.82) is 0 Å². The quantitative estimate of drug-likeness (QED) is 0.105. The van der Waals surface area contributed by atoms with Crippen LogP contribution in [0.2, 0.25) is 0 Å². The number of phenols is 2. The minimum atomic E-state index is -0.0278. The second-order valence-corrected chi connectivity index (χ2v) is 15.9. The molecule has 0 amide bonds. The van der Waals surface area contributed by atoms with Crippen LogP contribution in [0.5, 0.6) is 11.5 Å². The maximum atomic E-state index is 11.2. The number of aliphatic imine (C=N–C) groups is 2. The highest BCUT2D eigenvalue weighted by Gasteiger charge is 2.22. The van der Waals surface area contributed by atoms with E-state index < -0.39 is 0 Å². The molecule has 0 aliphatic heterocycles. The van der Waals surface area contributed by atoms with Crippen LogP contribution in [0, 0.1) is 0 Å². The van der Waals surface area contributed by atoms with Crippen molar-refractivity contribution >= 4 is 12.4 Å². The number of aromatic hydroxyl groups is 2. The third kappa shape index (κ3) is 11.5. The number of hydrogen-bond donors (Lipinski definition) is 2. The average Bonchev–Trinajstić information content (AvgIpc) is 3.00. The number of phenolic OH excluding ortho intramolecular Hbond substituents is 2. The molecule has 0 aliphatic rings. The molecular formula is C40H68N4O2+2. The van der Waals surface area contributed by atoms with E-state index in [4.69, 9.17) is 0 Å². The van der Waals surface area contributed by atoms with E-state index in [2.05, 4.69) is 118 Å². The number of aryl methyl sites for hydroxylation is 2. The van der Waals surface area contributed by atoms with Crippen molar-refractivity contribution in [3.8, 4) is 11.5 Å². The molecule has 6 nitrogen and oxygen atoms in total. The summed E-state index contributed by atoms with van der Waals surface area (Å²) >= 11 is 0. The molecule has 0 aromatic heterocycles. The zero-order valence-electron chi connectivity index (χ0n) is 31.6. The van der Waals surface area contributed by atoms with Crippen molar-refractivity contribution in [1.82, 2.24) is 0 Å². The second kappa shape index (κ2) is 16.9. The smallest absolute Gasteiger partial charge is 0.127 e. The van der Waals surface area contributed by atoms with Crippen molar-refractivity contribution in [3.05, 3.63) is 57.6 Å². The Morgan fingerprint density at radius 1 is 0.587 bits per heavy atom. The predicted molar refractivity (Wildman–Crippen MR) is 199 cm³/mol. The molecule has 0 fully saturated rings. The fourth-order valence-electron chi connectivity index (χ4n) is 5.71. The van der Waals surface area contributed by atoms with Gasteiger partial charge in [0.2, 0.25) is 0 Å². The van der Waals surface area contributed by atoms with E-state index in [0.29, 0.717) is 24.6 Å². The van der Waals surface area contributed by atoms with Gasteiger partial charge < -0.3 is 19.2 Å². The van der Waals surface area contributed by atoms with Crippen LogP contribution < -0.4 is 0 Å². The van der Waals surface area contributed by atoms with Crippen LogP contribution in [0.3, 0.4) is 0 Å². The highest BCUT2D eigenvalue weighted by molar-refractivity contribution is 5.85. The zero-order chi connectivity index (χ0) is 34.8. The minimum absolute atomic E-state index is 0.0278. The van der Waals surface area contributed by atoms with Gasteiger partial charge in [0.15, 0.2) is 0 Å². The van der Waals surface area contributed by atoms with Crippen molar-refractivity contribution in [2.24, 2.45) is 9.98 Å². The summed E-state index contributed by atoms with van der Waals surface area (Å²) in [6.07, 6.45) is 7.37. The highest BCUT2D eigenvalue weighted by Crippen LogP contribution is 2.33. The first-order valence-corrected chi connectivity index (χ1v) is 17.8. The Bertz CT molecular complexity index is 1200. The number of hydrogen-bond acceptors (Lipinski definition) is 4. The van der Waals surface area contributed by atoms with E-state index in [-0.39, 0.29) is 10.8 Å². The summed E-state index contributed by atoms with van der Waals surface area (Å²) in [6, 6.07) is 8.50. The number of benzene rings is 2. The fourth-order valence-corrected chi connectivity index (χ4v) is 5.71. The SMILES string of the molecule is CC[N+](C)(CC)CCCc1cc(C(C)(C)C)cc(C=NCCN=Cc2cc(C(C)(C)C)cc(CCC[N+](C)(CC)CC)c2O)c1O. The molecule has 2 aromatic rings. The van der Waals surface area contributed by atoms with E-state index in [1.54, 1.807) is 12.4 Å². The topological polar surface area (TPSA) is 65.2 Å². The number of nitrogens with zero attached hydrogens (tertiary/aromatic N) is 4. The molecule has 0 atom stereocenters. The van der Waals surface area contributed by atoms with Gasteiger partial charge in [-0.15, -0.1) is 0 Å². The summed E-state index contributed by atoms with van der Waals surface area (Å²) in [5.74, 6) is 0.687. The third-order valence-corrected chi connectivity index (χ3v) is 10.3. The summed E-state index contributed by atoms with van der Waals surface area (Å²) in [6.45, 7) is 29.9. The van der Waals surface area contributed by atoms with Crippen molar-refractivity contribution in [2.45, 2.75) is 106 Å². The lowest BCUT2D eigenvalue weighted by atomic mass is 9.84. The molecule has 2 rings (SSSR count). The van der Waals surface area contributed by atoms with Gasteiger partial charge in [0, 0.05) is 36.4 Å². The molecule has 258 valence electrons. The van der Waals surface area contributed by atoms with Crippen LogP contribution in [0.15, 0.2) is 34.3 Å². The van der Waals surface area contributed by atoms with Crippen LogP contribution in [-0.2, 0) is 23.7 Å². The lowest BCUT2D eigenvalue weighted by Gasteiger charge is -2.32. The Morgan fingerprint density at radius 2 is 0.913 bits per heavy atom. The van der Waals surface area contributed by atoms with Gasteiger partial charge in [0.25, 0.3) is 0 Å². The van der Waals surface area contributed by atoms with E-state index in [1.165, 1.54) is 11.1 Å². The van der Waals surface area contributed by atoms with Gasteiger partial charge in [-0.25, -0.2) is 0 Å². The standard InChI is InChI=1S/C40H66N4O2/c1-13-43(11,14-2)23-17-19-31-25-35(39(5,6)7)27-33(37(31)45)29-41-21-22-42-30-34-28-36(40(8,9)10)26-32(38(34)46)20-18-24-44(12,15-3)16-4/h25-30H,13-24H2,1-12H3/p+2. The number of rotatable bonds is 17. The Morgan fingerprint density at radius 3 is 1.20 bits per heavy atom. The molecule has 2 aromatic carbocycles. The molecule has 2 N–H and O–H groups in total. The maximum Gasteiger partial charge on any atom is 0.127 e. The van der Waals surface area contributed by atoms with Gasteiger partial charge in [0.1, 0.15) is 11.5 Å². The lowest BCUT2D eigenvalue weighted by Crippen LogP contribution is -2.44. The molecule has 0 saturated carbocycles. The lowest BCUT2D eigenvalue weighted by molar-refractivity contribution is -0.906. The van der Waals surface area contributed by atoms with Crippen LogP contribution in [0.25, 0.3) is 0 Å². The maximum absolute atomic E-state index is 11.2. The summed E-state index contributed by atoms with van der Waals surface area (Å²) in [5.41, 5.74) is 5.92. The number of quaternary nitrogens is 2. The van der Waals surface area contributed by atoms with Gasteiger partial charge >= 0.3 is 0 Å². The fraction of sp³-hybridized carbons (Fsp3) is 0.650. The molecule has 0 spiro atoms. The van der Waals surface area contributed by atoms with E-state index in [9.17, 15) is 10.2 Å². The van der Waals surface area contributed by atoms with E-state index in [1.807, 2.05) is 0 Å². The molecular weight excluding hydrogens is 568 g/mol. The van der Waals surface area contributed by atoms with Crippen LogP contribution in [0.4, 0.5) is 0 Å². The van der Waals surface area contributed by atoms with Gasteiger partial charge in [-0.3, -0.25) is 9.98 Å². The normalized spacial score (nSPS) is 13.4. The zero-order valence-corrected chi connectivity index (χ0v) is 31.6. The average molecular weight is 637 g/mol. The highest BCUT2D eigenvalue weighted by atomic mass is 16.3. The first kappa shape index (κ1) is 39.5. The summed E-state index contributed by atoms with van der Waals surface area (Å²) in [5, 5.41) is 22.4. The second-order valence-electron chi connectivity index (χ2n) is 15.9. The van der Waals surface area contributed by atoms with Crippen molar-refractivity contribution in [2.75, 3.05) is 66.5 Å². The third-order valence-electron chi connectivity index (χ3n) is 10.3. The van der Waals surface area contributed by atoms with Gasteiger partial charge in [-0.2, -0.15) is 0 Å². The molecule has 0 bridgehead atoms.